The molecule has 5 heteroatoms. The van der Waals surface area contributed by atoms with E-state index in [0.29, 0.717) is 0 Å². The first-order chi connectivity index (χ1) is 18.2. The Labute approximate surface area is 219 Å². The van der Waals surface area contributed by atoms with Gasteiger partial charge in [0.1, 0.15) is 6.17 Å². The van der Waals surface area contributed by atoms with Crippen molar-refractivity contribution in [3.63, 3.8) is 0 Å². The highest BCUT2D eigenvalue weighted by molar-refractivity contribution is 6.12. The summed E-state index contributed by atoms with van der Waals surface area (Å²) in [5.74, 6) is 2.16. The fourth-order valence-electron chi connectivity index (χ4n) is 6.48. The maximum Gasteiger partial charge on any atom is 0.207 e. The summed E-state index contributed by atoms with van der Waals surface area (Å²) in [6.07, 6.45) is 8.07. The second kappa shape index (κ2) is 8.91. The minimum atomic E-state index is 0.0270. The lowest BCUT2D eigenvalue weighted by atomic mass is 9.96. The van der Waals surface area contributed by atoms with Crippen LogP contribution >= 0.6 is 0 Å². The molecule has 3 aromatic rings. The Morgan fingerprint density at radius 1 is 0.865 bits per heavy atom. The van der Waals surface area contributed by atoms with E-state index < -0.39 is 0 Å². The average molecular weight is 488 g/mol. The normalized spacial score (nSPS) is 21.6. The zero-order valence-electron chi connectivity index (χ0n) is 21.4. The van der Waals surface area contributed by atoms with Crippen molar-refractivity contribution in [3.8, 4) is 11.1 Å². The van der Waals surface area contributed by atoms with Crippen LogP contribution in [0, 0.1) is 0 Å². The summed E-state index contributed by atoms with van der Waals surface area (Å²) in [5.41, 5.74) is 6.46. The molecular weight excluding hydrogens is 454 g/mol. The highest BCUT2D eigenvalue weighted by atomic mass is 15.5. The molecule has 0 bridgehead atoms. The second-order valence-electron chi connectivity index (χ2n) is 10.8. The molecule has 1 atom stereocenters. The van der Waals surface area contributed by atoms with E-state index in [2.05, 4.69) is 113 Å². The molecule has 0 saturated heterocycles. The minimum Gasteiger partial charge on any atom is -0.341 e. The van der Waals surface area contributed by atoms with Crippen molar-refractivity contribution in [3.05, 3.63) is 108 Å². The third kappa shape index (κ3) is 3.93. The molecule has 5 nitrogen and oxygen atoms in total. The molecule has 1 aliphatic carbocycles. The van der Waals surface area contributed by atoms with Gasteiger partial charge in [0, 0.05) is 26.2 Å². The first kappa shape index (κ1) is 22.3. The van der Waals surface area contributed by atoms with Crippen molar-refractivity contribution in [2.24, 2.45) is 9.98 Å². The van der Waals surface area contributed by atoms with Gasteiger partial charge in [0.2, 0.25) is 5.96 Å². The van der Waals surface area contributed by atoms with Crippen molar-refractivity contribution in [1.82, 2.24) is 14.7 Å². The van der Waals surface area contributed by atoms with E-state index in [1.807, 2.05) is 0 Å². The van der Waals surface area contributed by atoms with E-state index in [9.17, 15) is 0 Å². The minimum absolute atomic E-state index is 0.0270. The first-order valence-electron chi connectivity index (χ1n) is 13.5. The van der Waals surface area contributed by atoms with Crippen LogP contribution < -0.4 is 0 Å². The smallest absolute Gasteiger partial charge is 0.207 e. The molecule has 186 valence electrons. The highest BCUT2D eigenvalue weighted by Crippen LogP contribution is 2.42. The van der Waals surface area contributed by atoms with Crippen LogP contribution in [0.4, 0.5) is 0 Å². The van der Waals surface area contributed by atoms with E-state index in [1.165, 1.54) is 53.6 Å². The zero-order valence-corrected chi connectivity index (χ0v) is 21.4. The Bertz CT molecular complexity index is 1380. The number of amidine groups is 1. The fraction of sp³-hybridized carbons (Fsp3) is 0.312. The van der Waals surface area contributed by atoms with E-state index in [0.717, 1.165) is 31.3 Å². The van der Waals surface area contributed by atoms with Crippen molar-refractivity contribution >= 4 is 11.8 Å². The summed E-state index contributed by atoms with van der Waals surface area (Å²) in [7, 11) is 2.14. The Kier molecular flexibility index (Phi) is 5.38. The van der Waals surface area contributed by atoms with Gasteiger partial charge >= 0.3 is 0 Å². The predicted octanol–water partition coefficient (Wildman–Crippen LogP) is 5.91. The second-order valence-corrected chi connectivity index (χ2v) is 10.8. The molecule has 1 saturated carbocycles. The molecule has 1 spiro atoms. The van der Waals surface area contributed by atoms with E-state index in [-0.39, 0.29) is 11.7 Å². The van der Waals surface area contributed by atoms with Gasteiger partial charge in [-0.3, -0.25) is 4.90 Å². The summed E-state index contributed by atoms with van der Waals surface area (Å²) >= 11 is 0. The van der Waals surface area contributed by atoms with Gasteiger partial charge in [-0.2, -0.15) is 0 Å². The van der Waals surface area contributed by atoms with Gasteiger partial charge in [-0.25, -0.2) is 9.98 Å². The average Bonchev–Trinajstić information content (AvgIpc) is 3.64. The van der Waals surface area contributed by atoms with Crippen LogP contribution in [0.1, 0.15) is 36.8 Å². The van der Waals surface area contributed by atoms with Crippen LogP contribution in [0.3, 0.4) is 0 Å². The van der Waals surface area contributed by atoms with Crippen molar-refractivity contribution < 1.29 is 0 Å². The van der Waals surface area contributed by atoms with Gasteiger partial charge in [0.05, 0.1) is 17.8 Å². The lowest BCUT2D eigenvalue weighted by Crippen LogP contribution is -2.48. The molecule has 0 amide bonds. The Morgan fingerprint density at radius 2 is 1.57 bits per heavy atom. The quantitative estimate of drug-likeness (QED) is 0.449. The van der Waals surface area contributed by atoms with Crippen LogP contribution in [-0.4, -0.2) is 51.8 Å². The monoisotopic (exact) mass is 487 g/mol. The molecule has 1 unspecified atom stereocenters. The lowest BCUT2D eigenvalue weighted by molar-refractivity contribution is 0.274. The van der Waals surface area contributed by atoms with E-state index in [1.54, 1.807) is 0 Å². The maximum atomic E-state index is 5.44. The van der Waals surface area contributed by atoms with Crippen LogP contribution in [0.5, 0.6) is 0 Å². The number of aliphatic imine (C=N–C) groups is 2. The van der Waals surface area contributed by atoms with Crippen LogP contribution in [0.15, 0.2) is 107 Å². The summed E-state index contributed by atoms with van der Waals surface area (Å²) in [6.45, 7) is 1.78. The highest BCUT2D eigenvalue weighted by Gasteiger charge is 2.48. The number of guanidine groups is 1. The molecule has 0 aromatic heterocycles. The van der Waals surface area contributed by atoms with Crippen LogP contribution in [0.25, 0.3) is 11.1 Å². The molecule has 4 aliphatic rings. The lowest BCUT2D eigenvalue weighted by Gasteiger charge is -2.35. The molecule has 7 rings (SSSR count). The number of hydrogen-bond acceptors (Lipinski definition) is 5. The number of rotatable bonds is 5. The van der Waals surface area contributed by atoms with Gasteiger partial charge in [-0.05, 0) is 35.1 Å². The Hall–Kier alpha value is -3.86. The first-order valence-corrected chi connectivity index (χ1v) is 13.5. The number of fused-ring (bicyclic) bond motifs is 3. The molecule has 37 heavy (non-hydrogen) atoms. The molecule has 3 aliphatic heterocycles. The SMILES string of the molecule is CN1C=C2C(=NC(Cc3ccccc3-c3ccccc3)N2Cc2ccccc2)N2CC3(CCCC3)N=C12. The van der Waals surface area contributed by atoms with E-state index >= 15 is 0 Å². The molecule has 0 N–H and O–H groups in total. The van der Waals surface area contributed by atoms with Gasteiger partial charge in [0.25, 0.3) is 0 Å². The van der Waals surface area contributed by atoms with Gasteiger partial charge < -0.3 is 9.80 Å². The predicted molar refractivity (Wildman–Crippen MR) is 150 cm³/mol. The Balaban J connectivity index is 1.27. The summed E-state index contributed by atoms with van der Waals surface area (Å²) in [5, 5.41) is 0. The summed E-state index contributed by atoms with van der Waals surface area (Å²) in [4.78, 5) is 17.8. The van der Waals surface area contributed by atoms with Gasteiger partial charge in [-0.15, -0.1) is 0 Å². The molecule has 3 heterocycles. The van der Waals surface area contributed by atoms with Crippen LogP contribution in [0.2, 0.25) is 0 Å². The summed E-state index contributed by atoms with van der Waals surface area (Å²) < 4.78 is 0. The largest absolute Gasteiger partial charge is 0.341 e. The van der Waals surface area contributed by atoms with E-state index in [4.69, 9.17) is 9.98 Å². The number of benzene rings is 3. The van der Waals surface area contributed by atoms with Gasteiger partial charge in [0.15, 0.2) is 5.84 Å². The third-order valence-electron chi connectivity index (χ3n) is 8.32. The molecule has 1 fully saturated rings. The van der Waals surface area contributed by atoms with Gasteiger partial charge in [-0.1, -0.05) is 97.8 Å². The molecule has 3 aromatic carbocycles. The van der Waals surface area contributed by atoms with Crippen molar-refractivity contribution in [2.75, 3.05) is 13.6 Å². The molecule has 0 radical (unpaired) electrons. The zero-order chi connectivity index (χ0) is 24.8. The molecular formula is C32H33N5. The summed E-state index contributed by atoms with van der Waals surface area (Å²) in [6, 6.07) is 30.3. The standard InChI is InChI=1S/C32H33N5/c1-35-22-28-30(37-23-32(34-31(35)37)18-10-11-19-32)33-29(36(28)21-24-12-4-2-5-13-24)20-26-16-8-9-17-27(26)25-14-6-3-7-15-25/h2-9,12-17,22,29H,10-11,18-21,23H2,1H3. The number of hydrogen-bond donors (Lipinski definition) is 0. The Morgan fingerprint density at radius 3 is 2.35 bits per heavy atom. The maximum absolute atomic E-state index is 5.44. The van der Waals surface area contributed by atoms with Crippen molar-refractivity contribution in [2.45, 2.75) is 50.4 Å². The topological polar surface area (TPSA) is 34.4 Å². The van der Waals surface area contributed by atoms with Crippen LogP contribution in [-0.2, 0) is 13.0 Å². The third-order valence-corrected chi connectivity index (χ3v) is 8.32. The number of nitrogens with zero attached hydrogens (tertiary/aromatic N) is 5. The van der Waals surface area contributed by atoms with Crippen molar-refractivity contribution in [1.29, 1.82) is 0 Å². The fourth-order valence-corrected chi connectivity index (χ4v) is 6.48.